The van der Waals surface area contributed by atoms with Crippen molar-refractivity contribution in [3.8, 4) is 5.13 Å². The number of carbonyl (C=O) groups excluding carboxylic acids is 1. The van der Waals surface area contributed by atoms with E-state index >= 15 is 0 Å². The van der Waals surface area contributed by atoms with Crippen LogP contribution in [0.25, 0.3) is 5.13 Å². The second kappa shape index (κ2) is 7.98. The highest BCUT2D eigenvalue weighted by Crippen LogP contribution is 2.18. The molecule has 1 atom stereocenters. The molecule has 0 unspecified atom stereocenters. The highest BCUT2D eigenvalue weighted by Gasteiger charge is 2.11. The second-order valence-electron chi connectivity index (χ2n) is 5.34. The van der Waals surface area contributed by atoms with Gasteiger partial charge in [0.05, 0.1) is 6.42 Å². The van der Waals surface area contributed by atoms with E-state index in [-0.39, 0.29) is 11.9 Å². The summed E-state index contributed by atoms with van der Waals surface area (Å²) in [6.07, 6.45) is 10.8. The van der Waals surface area contributed by atoms with Crippen molar-refractivity contribution in [2.75, 3.05) is 0 Å². The number of carbonyl (C=O) groups is 1. The molecule has 2 heterocycles. The molecule has 0 saturated carbocycles. The Morgan fingerprint density at radius 3 is 2.86 bits per heavy atom. The molecule has 2 aromatic rings. The largest absolute Gasteiger partial charge is 0.353 e. The lowest BCUT2D eigenvalue weighted by Gasteiger charge is -2.12. The van der Waals surface area contributed by atoms with E-state index in [0.717, 1.165) is 16.4 Å². The summed E-state index contributed by atoms with van der Waals surface area (Å²) in [5, 5.41) is 3.97. The summed E-state index contributed by atoms with van der Waals surface area (Å²) in [6, 6.07) is 4.18. The van der Waals surface area contributed by atoms with Gasteiger partial charge in [-0.1, -0.05) is 26.2 Å². The predicted molar refractivity (Wildman–Crippen MR) is 86.9 cm³/mol. The number of hydrogen-bond acceptors (Lipinski definition) is 3. The minimum absolute atomic E-state index is 0.0849. The fraction of sp³-hybridized carbons (Fsp3) is 0.500. The van der Waals surface area contributed by atoms with Crippen molar-refractivity contribution >= 4 is 17.2 Å². The monoisotopic (exact) mass is 305 g/mol. The van der Waals surface area contributed by atoms with E-state index in [1.54, 1.807) is 17.5 Å². The summed E-state index contributed by atoms with van der Waals surface area (Å²) in [7, 11) is 0. The quantitative estimate of drug-likeness (QED) is 0.758. The second-order valence-corrected chi connectivity index (χ2v) is 6.43. The van der Waals surface area contributed by atoms with Crippen molar-refractivity contribution in [3.63, 3.8) is 0 Å². The van der Waals surface area contributed by atoms with Crippen molar-refractivity contribution in [1.29, 1.82) is 0 Å². The number of rotatable bonds is 8. The van der Waals surface area contributed by atoms with Crippen LogP contribution in [0.2, 0.25) is 0 Å². The lowest BCUT2D eigenvalue weighted by Crippen LogP contribution is -2.33. The van der Waals surface area contributed by atoms with E-state index in [2.05, 4.69) is 24.1 Å². The fourth-order valence-electron chi connectivity index (χ4n) is 2.22. The number of hydrogen-bond donors (Lipinski definition) is 1. The van der Waals surface area contributed by atoms with E-state index in [4.69, 9.17) is 0 Å². The molecular formula is C16H23N3OS. The maximum Gasteiger partial charge on any atom is 0.225 e. The molecule has 0 bridgehead atoms. The first-order valence-corrected chi connectivity index (χ1v) is 8.38. The van der Waals surface area contributed by atoms with Gasteiger partial charge >= 0.3 is 0 Å². The molecular weight excluding hydrogens is 282 g/mol. The first-order valence-electron chi connectivity index (χ1n) is 7.56. The summed E-state index contributed by atoms with van der Waals surface area (Å²) in [4.78, 5) is 17.4. The average Bonchev–Trinajstić information content (AvgIpc) is 3.09. The van der Waals surface area contributed by atoms with E-state index in [0.29, 0.717) is 6.42 Å². The molecule has 2 rings (SSSR count). The van der Waals surface area contributed by atoms with E-state index < -0.39 is 0 Å². The van der Waals surface area contributed by atoms with Gasteiger partial charge in [-0.2, -0.15) is 0 Å². The van der Waals surface area contributed by atoms with Gasteiger partial charge in [-0.25, -0.2) is 4.98 Å². The van der Waals surface area contributed by atoms with Crippen LogP contribution < -0.4 is 5.32 Å². The Hall–Kier alpha value is -1.62. The smallest absolute Gasteiger partial charge is 0.225 e. The topological polar surface area (TPSA) is 46.9 Å². The molecule has 2 aromatic heterocycles. The van der Waals surface area contributed by atoms with Crippen LogP contribution in [-0.2, 0) is 11.2 Å². The molecule has 0 radical (unpaired) electrons. The van der Waals surface area contributed by atoms with Crippen molar-refractivity contribution in [2.45, 2.75) is 52.0 Å². The van der Waals surface area contributed by atoms with Crippen molar-refractivity contribution in [3.05, 3.63) is 35.6 Å². The Balaban J connectivity index is 1.80. The van der Waals surface area contributed by atoms with Crippen LogP contribution in [0.4, 0.5) is 0 Å². The molecule has 1 amide bonds. The Morgan fingerprint density at radius 2 is 2.14 bits per heavy atom. The van der Waals surface area contributed by atoms with Crippen molar-refractivity contribution < 1.29 is 4.79 Å². The van der Waals surface area contributed by atoms with Gasteiger partial charge in [-0.3, -0.25) is 4.79 Å². The minimum Gasteiger partial charge on any atom is -0.353 e. The number of nitrogens with zero attached hydrogens (tertiary/aromatic N) is 2. The van der Waals surface area contributed by atoms with E-state index in [1.165, 1.54) is 19.3 Å². The Bertz CT molecular complexity index is 548. The molecule has 1 N–H and O–H groups in total. The zero-order valence-corrected chi connectivity index (χ0v) is 13.5. The van der Waals surface area contributed by atoms with Gasteiger partial charge in [0.2, 0.25) is 5.91 Å². The van der Waals surface area contributed by atoms with E-state index in [1.807, 2.05) is 29.1 Å². The molecule has 0 fully saturated rings. The van der Waals surface area contributed by atoms with Crippen LogP contribution >= 0.6 is 11.3 Å². The molecule has 4 nitrogen and oxygen atoms in total. The maximum absolute atomic E-state index is 12.0. The summed E-state index contributed by atoms with van der Waals surface area (Å²) >= 11 is 1.56. The van der Waals surface area contributed by atoms with Gasteiger partial charge in [0.1, 0.15) is 0 Å². The van der Waals surface area contributed by atoms with Crippen LogP contribution in [-0.4, -0.2) is 21.5 Å². The number of aromatic nitrogens is 2. The molecule has 0 aliphatic rings. The van der Waals surface area contributed by atoms with Crippen LogP contribution in [0.3, 0.4) is 0 Å². The first kappa shape index (κ1) is 15.8. The minimum atomic E-state index is 0.0849. The molecule has 114 valence electrons. The van der Waals surface area contributed by atoms with Gasteiger partial charge in [-0.15, -0.1) is 11.3 Å². The molecule has 21 heavy (non-hydrogen) atoms. The normalized spacial score (nSPS) is 12.3. The van der Waals surface area contributed by atoms with Gasteiger partial charge in [0.15, 0.2) is 5.13 Å². The number of amides is 1. The van der Waals surface area contributed by atoms with Gasteiger partial charge in [0, 0.05) is 29.5 Å². The van der Waals surface area contributed by atoms with Gasteiger partial charge < -0.3 is 9.88 Å². The highest BCUT2D eigenvalue weighted by molar-refractivity contribution is 7.14. The number of thiazole rings is 1. The Kier molecular flexibility index (Phi) is 5.99. The third-order valence-electron chi connectivity index (χ3n) is 3.35. The first-order chi connectivity index (χ1) is 10.2. The Labute approximate surface area is 130 Å². The lowest BCUT2D eigenvalue weighted by atomic mass is 10.1. The molecule has 0 aliphatic carbocycles. The van der Waals surface area contributed by atoms with Crippen LogP contribution in [0, 0.1) is 0 Å². The lowest BCUT2D eigenvalue weighted by molar-refractivity contribution is -0.121. The Morgan fingerprint density at radius 1 is 1.38 bits per heavy atom. The summed E-state index contributed by atoms with van der Waals surface area (Å²) in [6.45, 7) is 4.26. The summed E-state index contributed by atoms with van der Waals surface area (Å²) < 4.78 is 1.96. The van der Waals surface area contributed by atoms with Gasteiger partial charge in [0.25, 0.3) is 0 Å². The molecule has 0 spiro atoms. The van der Waals surface area contributed by atoms with Gasteiger partial charge in [-0.05, 0) is 25.5 Å². The van der Waals surface area contributed by atoms with Crippen LogP contribution in [0.1, 0.15) is 44.4 Å². The molecule has 0 aromatic carbocycles. The summed E-state index contributed by atoms with van der Waals surface area (Å²) in [5.74, 6) is 0.0849. The third kappa shape index (κ3) is 5.01. The average molecular weight is 305 g/mol. The fourth-order valence-corrected chi connectivity index (χ4v) is 3.09. The molecule has 0 saturated heterocycles. The van der Waals surface area contributed by atoms with Crippen molar-refractivity contribution in [1.82, 2.24) is 14.9 Å². The predicted octanol–water partition coefficient (Wildman–Crippen LogP) is 3.56. The highest BCUT2D eigenvalue weighted by atomic mass is 32.1. The van der Waals surface area contributed by atoms with E-state index in [9.17, 15) is 4.79 Å². The molecule has 5 heteroatoms. The number of nitrogens with one attached hydrogen (secondary N) is 1. The van der Waals surface area contributed by atoms with Crippen LogP contribution in [0.15, 0.2) is 30.7 Å². The zero-order chi connectivity index (χ0) is 15.1. The SMILES string of the molecule is CCCCC[C@@H](C)NC(=O)Cc1cnc(-n2cccc2)s1. The third-order valence-corrected chi connectivity index (χ3v) is 4.36. The molecule has 0 aliphatic heterocycles. The van der Waals surface area contributed by atoms with Crippen LogP contribution in [0.5, 0.6) is 0 Å². The standard InChI is InChI=1S/C16H23N3OS/c1-3-4-5-8-13(2)18-15(20)11-14-12-17-16(21-14)19-9-6-7-10-19/h6-7,9-10,12-13H,3-5,8,11H2,1-2H3,(H,18,20)/t13-/m1/s1. The zero-order valence-electron chi connectivity index (χ0n) is 12.7. The summed E-state index contributed by atoms with van der Waals surface area (Å²) in [5.41, 5.74) is 0. The maximum atomic E-state index is 12.0. The van der Waals surface area contributed by atoms with Crippen molar-refractivity contribution in [2.24, 2.45) is 0 Å². The number of unbranched alkanes of at least 4 members (excludes halogenated alkanes) is 2.